The van der Waals surface area contributed by atoms with E-state index in [4.69, 9.17) is 33.0 Å². The maximum absolute atomic E-state index is 15.3. The summed E-state index contributed by atoms with van der Waals surface area (Å²) in [5, 5.41) is 26.0. The Hall–Kier alpha value is -6.35. The van der Waals surface area contributed by atoms with Gasteiger partial charge in [0.2, 0.25) is 23.6 Å². The number of azo groups is 1. The summed E-state index contributed by atoms with van der Waals surface area (Å²) in [5.74, 6) is -5.22. The summed E-state index contributed by atoms with van der Waals surface area (Å²) in [6.07, 6.45) is 2.35. The van der Waals surface area contributed by atoms with Gasteiger partial charge in [0.05, 0.1) is 57.2 Å². The number of ether oxygens (including phenoxy) is 1. The van der Waals surface area contributed by atoms with E-state index in [1.54, 1.807) is 72.5 Å². The van der Waals surface area contributed by atoms with Crippen LogP contribution in [0.3, 0.4) is 0 Å². The number of phenolic OH excluding ortho intramolecular Hbond substituents is 1. The Labute approximate surface area is 388 Å². The summed E-state index contributed by atoms with van der Waals surface area (Å²) in [7, 11) is 7.03. The van der Waals surface area contributed by atoms with Crippen LogP contribution in [0.2, 0.25) is 10.0 Å². The van der Waals surface area contributed by atoms with Crippen LogP contribution in [0.25, 0.3) is 20.7 Å². The second kappa shape index (κ2) is 15.7. The number of rotatable bonds is 8. The van der Waals surface area contributed by atoms with Gasteiger partial charge in [-0.2, -0.15) is 15.3 Å². The summed E-state index contributed by atoms with van der Waals surface area (Å²) < 4.78 is 8.12. The molecule has 1 saturated carbocycles. The minimum absolute atomic E-state index is 0.00400. The first kappa shape index (κ1) is 42.6. The quantitative estimate of drug-likeness (QED) is 0.0900. The predicted octanol–water partition coefficient (Wildman–Crippen LogP) is 10.5. The lowest BCUT2D eigenvalue weighted by Gasteiger charge is -2.49. The standard InChI is InChI=1S/C49H43Cl2N7O6S/c1-24-33-21-26(50)7-18-39(33)65-44(24)37-23-40(56(5)54-37)58-46(61)35-22-34-31(42(49(35,2)48(58)63)25-19-36(51)43(59)38(20-25)64-6)16-17-32-41(34)47(62)57(45(32)60)30-14-10-28(11-15-30)53-52-27-8-12-29(13-9-27)55(3)4/h7-16,18-21,23,32,34-35,41-42,59H,17,22H2,1-6H3. The first-order chi connectivity index (χ1) is 31.1. The summed E-state index contributed by atoms with van der Waals surface area (Å²) >= 11 is 14.5. The number of aryl methyl sites for hydroxylation is 2. The molecule has 330 valence electrons. The molecular formula is C49H43Cl2N7O6S. The van der Waals surface area contributed by atoms with Crippen LogP contribution >= 0.6 is 34.5 Å². The molecule has 4 aliphatic rings. The van der Waals surface area contributed by atoms with Gasteiger partial charge in [-0.05, 0) is 128 Å². The maximum atomic E-state index is 15.3. The first-order valence-electron chi connectivity index (χ1n) is 21.2. The number of carbonyl (C=O) groups is 4. The van der Waals surface area contributed by atoms with Gasteiger partial charge in [-0.3, -0.25) is 28.8 Å². The SMILES string of the molecule is COc1cc(C2C3=CCC4C(=O)N(c5ccc(N=Nc6ccc(N(C)C)cc6)cc5)C(=O)C4C3CC3C(=O)N(c4cc(-c5sc6ccc(Cl)cc6c5C)nn4C)C(=O)C32C)cc(Cl)c1O. The van der Waals surface area contributed by atoms with Gasteiger partial charge in [-0.25, -0.2) is 4.90 Å². The molecule has 16 heteroatoms. The highest BCUT2D eigenvalue weighted by Gasteiger charge is 2.68. The third kappa shape index (κ3) is 6.59. The third-order valence-corrected chi connectivity index (χ3v) is 15.7. The van der Waals surface area contributed by atoms with Gasteiger partial charge >= 0.3 is 0 Å². The number of carbonyl (C=O) groups excluding carboxylic acids is 4. The molecule has 6 aromatic rings. The van der Waals surface area contributed by atoms with Gasteiger partial charge in [-0.15, -0.1) is 11.3 Å². The number of fused-ring (bicyclic) bond motifs is 5. The minimum Gasteiger partial charge on any atom is -0.503 e. The van der Waals surface area contributed by atoms with E-state index in [1.807, 2.05) is 74.5 Å². The van der Waals surface area contributed by atoms with E-state index in [1.165, 1.54) is 16.9 Å². The summed E-state index contributed by atoms with van der Waals surface area (Å²) in [6.45, 7) is 3.79. The van der Waals surface area contributed by atoms with Gasteiger partial charge in [0, 0.05) is 48.5 Å². The molecule has 2 aliphatic heterocycles. The second-order valence-corrected chi connectivity index (χ2v) is 19.5. The maximum Gasteiger partial charge on any atom is 0.242 e. The van der Waals surface area contributed by atoms with Gasteiger partial charge in [0.1, 0.15) is 11.5 Å². The van der Waals surface area contributed by atoms with Crippen molar-refractivity contribution < 1.29 is 29.0 Å². The molecule has 2 saturated heterocycles. The number of imide groups is 2. The number of allylic oxidation sites excluding steroid dienone is 2. The Bertz CT molecular complexity index is 3070. The number of anilines is 3. The molecule has 6 unspecified atom stereocenters. The fraction of sp³-hybridized carbons (Fsp3) is 0.286. The molecule has 4 heterocycles. The highest BCUT2D eigenvalue weighted by atomic mass is 35.5. The largest absolute Gasteiger partial charge is 0.503 e. The Morgan fingerprint density at radius 2 is 1.57 bits per heavy atom. The van der Waals surface area contributed by atoms with Crippen LogP contribution in [-0.2, 0) is 26.2 Å². The molecule has 65 heavy (non-hydrogen) atoms. The van der Waals surface area contributed by atoms with Crippen LogP contribution in [0.1, 0.15) is 36.8 Å². The van der Waals surface area contributed by atoms with Crippen molar-refractivity contribution in [3.05, 3.63) is 118 Å². The predicted molar refractivity (Wildman–Crippen MR) is 252 cm³/mol. The van der Waals surface area contributed by atoms with Crippen LogP contribution in [0.5, 0.6) is 11.5 Å². The number of hydrogen-bond acceptors (Lipinski definition) is 11. The van der Waals surface area contributed by atoms with E-state index in [-0.39, 0.29) is 41.2 Å². The number of aromatic nitrogens is 2. The van der Waals surface area contributed by atoms with E-state index < -0.39 is 46.8 Å². The highest BCUT2D eigenvalue weighted by Crippen LogP contribution is 2.64. The monoisotopic (exact) mass is 927 g/mol. The summed E-state index contributed by atoms with van der Waals surface area (Å²) in [6, 6.07) is 25.1. The topological polar surface area (TPSA) is 150 Å². The molecule has 0 bridgehead atoms. The minimum atomic E-state index is -1.38. The number of benzene rings is 4. The van der Waals surface area contributed by atoms with Crippen LogP contribution in [0.4, 0.5) is 28.6 Å². The van der Waals surface area contributed by atoms with E-state index in [0.717, 1.165) is 31.8 Å². The molecule has 0 spiro atoms. The number of methoxy groups -OCH3 is 1. The zero-order valence-electron chi connectivity index (χ0n) is 36.2. The lowest BCUT2D eigenvalue weighted by molar-refractivity contribution is -0.131. The lowest BCUT2D eigenvalue weighted by Crippen LogP contribution is -2.49. The molecule has 6 atom stereocenters. The molecule has 10 rings (SSSR count). The lowest BCUT2D eigenvalue weighted by atomic mass is 9.51. The first-order valence-corrected chi connectivity index (χ1v) is 22.7. The van der Waals surface area contributed by atoms with Crippen molar-refractivity contribution in [3.63, 3.8) is 0 Å². The van der Waals surface area contributed by atoms with E-state index in [0.29, 0.717) is 39.2 Å². The zero-order valence-corrected chi connectivity index (χ0v) is 38.6. The van der Waals surface area contributed by atoms with Crippen molar-refractivity contribution >= 4 is 96.8 Å². The van der Waals surface area contributed by atoms with E-state index in [2.05, 4.69) is 10.2 Å². The fourth-order valence-electron chi connectivity index (χ4n) is 10.6. The van der Waals surface area contributed by atoms with Crippen LogP contribution < -0.4 is 19.4 Å². The molecule has 2 aromatic heterocycles. The van der Waals surface area contributed by atoms with Crippen LogP contribution in [-0.4, -0.2) is 59.7 Å². The van der Waals surface area contributed by atoms with Crippen molar-refractivity contribution in [2.24, 2.45) is 46.4 Å². The Kier molecular flexibility index (Phi) is 10.3. The Morgan fingerprint density at radius 3 is 2.25 bits per heavy atom. The van der Waals surface area contributed by atoms with Gasteiger partial charge < -0.3 is 14.7 Å². The number of hydrogen-bond donors (Lipinski definition) is 1. The molecule has 13 nitrogen and oxygen atoms in total. The van der Waals surface area contributed by atoms with Gasteiger partial charge in [0.15, 0.2) is 11.5 Å². The number of amides is 4. The number of halogens is 2. The Morgan fingerprint density at radius 1 is 0.877 bits per heavy atom. The number of thiophene rings is 1. The average molecular weight is 929 g/mol. The number of aromatic hydroxyl groups is 1. The van der Waals surface area contributed by atoms with E-state index in [9.17, 15) is 14.7 Å². The van der Waals surface area contributed by atoms with Crippen molar-refractivity contribution in [1.82, 2.24) is 9.78 Å². The van der Waals surface area contributed by atoms with Crippen LogP contribution in [0.15, 0.2) is 107 Å². The molecular weight excluding hydrogens is 886 g/mol. The van der Waals surface area contributed by atoms with Crippen molar-refractivity contribution in [3.8, 4) is 22.1 Å². The molecule has 0 radical (unpaired) electrons. The average Bonchev–Trinajstić information content (AvgIpc) is 3.96. The molecule has 2 aliphatic carbocycles. The molecule has 4 amide bonds. The smallest absolute Gasteiger partial charge is 0.242 e. The number of nitrogens with zero attached hydrogens (tertiary/aromatic N) is 7. The Balaban J connectivity index is 1.01. The zero-order chi connectivity index (χ0) is 45.8. The fourth-order valence-corrected chi connectivity index (χ4v) is 12.1. The van der Waals surface area contributed by atoms with Crippen molar-refractivity contribution in [2.75, 3.05) is 35.9 Å². The normalized spacial score (nSPS) is 23.9. The second-order valence-electron chi connectivity index (χ2n) is 17.6. The van der Waals surface area contributed by atoms with Crippen molar-refractivity contribution in [1.29, 1.82) is 0 Å². The number of phenols is 1. The van der Waals surface area contributed by atoms with E-state index >= 15 is 9.59 Å². The highest BCUT2D eigenvalue weighted by molar-refractivity contribution is 7.22. The van der Waals surface area contributed by atoms with Crippen molar-refractivity contribution in [2.45, 2.75) is 32.6 Å². The molecule has 3 fully saturated rings. The van der Waals surface area contributed by atoms with Crippen LogP contribution in [0, 0.1) is 36.0 Å². The molecule has 1 N–H and O–H groups in total. The van der Waals surface area contributed by atoms with Gasteiger partial charge in [0.25, 0.3) is 0 Å². The third-order valence-electron chi connectivity index (χ3n) is 13.8. The summed E-state index contributed by atoms with van der Waals surface area (Å²) in [5.41, 5.74) is 4.16. The van der Waals surface area contributed by atoms with Gasteiger partial charge in [-0.1, -0.05) is 34.9 Å². The summed E-state index contributed by atoms with van der Waals surface area (Å²) in [4.78, 5) is 64.9. The molecule has 4 aromatic carbocycles.